The molecule has 104 valence electrons. The number of hydrogen-bond acceptors (Lipinski definition) is 4. The van der Waals surface area contributed by atoms with E-state index in [0.717, 1.165) is 12.2 Å². The molecule has 1 heterocycles. The summed E-state index contributed by atoms with van der Waals surface area (Å²) in [5.41, 5.74) is 0.560. The summed E-state index contributed by atoms with van der Waals surface area (Å²) in [6.07, 6.45) is 2.33. The van der Waals surface area contributed by atoms with E-state index in [4.69, 9.17) is 5.11 Å². The van der Waals surface area contributed by atoms with Gasteiger partial charge in [-0.3, -0.25) is 9.59 Å². The largest absolute Gasteiger partial charge is 0.481 e. The van der Waals surface area contributed by atoms with Crippen LogP contribution in [0.5, 0.6) is 0 Å². The van der Waals surface area contributed by atoms with E-state index in [2.05, 4.69) is 29.5 Å². The van der Waals surface area contributed by atoms with Crippen molar-refractivity contribution in [2.45, 2.75) is 39.2 Å². The monoisotopic (exact) mass is 265 g/mol. The van der Waals surface area contributed by atoms with Crippen LogP contribution in [0.3, 0.4) is 0 Å². The van der Waals surface area contributed by atoms with Crippen LogP contribution in [0.1, 0.15) is 33.1 Å². The van der Waals surface area contributed by atoms with E-state index >= 15 is 0 Å². The Bertz CT molecular complexity index is 431. The van der Waals surface area contributed by atoms with Crippen LogP contribution in [0.15, 0.2) is 18.3 Å². The Morgan fingerprint density at radius 3 is 2.63 bits per heavy atom. The zero-order chi connectivity index (χ0) is 14.3. The lowest BCUT2D eigenvalue weighted by Crippen LogP contribution is -2.15. The van der Waals surface area contributed by atoms with Crippen molar-refractivity contribution in [1.29, 1.82) is 0 Å². The molecule has 0 fully saturated rings. The molecule has 0 aliphatic heterocycles. The van der Waals surface area contributed by atoms with Gasteiger partial charge in [-0.2, -0.15) is 0 Å². The summed E-state index contributed by atoms with van der Waals surface area (Å²) in [5.74, 6) is -0.564. The minimum absolute atomic E-state index is 0.0395. The molecule has 0 radical (unpaired) electrons. The zero-order valence-electron chi connectivity index (χ0n) is 11.1. The number of carbonyl (C=O) groups is 2. The fourth-order valence-corrected chi connectivity index (χ4v) is 1.35. The van der Waals surface area contributed by atoms with Crippen molar-refractivity contribution in [1.82, 2.24) is 4.98 Å². The summed E-state index contributed by atoms with van der Waals surface area (Å²) in [7, 11) is 0. The molecular formula is C13H19N3O3. The van der Waals surface area contributed by atoms with Crippen molar-refractivity contribution < 1.29 is 14.7 Å². The molecule has 1 amide bonds. The molecule has 1 unspecified atom stereocenters. The third-order valence-corrected chi connectivity index (χ3v) is 2.62. The lowest BCUT2D eigenvalue weighted by atomic mass is 10.2. The maximum atomic E-state index is 11.4. The lowest BCUT2D eigenvalue weighted by molar-refractivity contribution is -0.138. The maximum Gasteiger partial charge on any atom is 0.303 e. The van der Waals surface area contributed by atoms with Crippen molar-refractivity contribution in [3.05, 3.63) is 18.3 Å². The van der Waals surface area contributed by atoms with Gasteiger partial charge in [0.25, 0.3) is 0 Å². The SMILES string of the molecule is CCC(C)Nc1ccc(NC(=O)CCC(=O)O)cn1. The Morgan fingerprint density at radius 1 is 1.37 bits per heavy atom. The first kappa shape index (κ1) is 14.9. The summed E-state index contributed by atoms with van der Waals surface area (Å²) in [6.45, 7) is 4.14. The van der Waals surface area contributed by atoms with Crippen molar-refractivity contribution in [3.8, 4) is 0 Å². The van der Waals surface area contributed by atoms with E-state index in [-0.39, 0.29) is 18.7 Å². The molecule has 0 saturated carbocycles. The molecule has 19 heavy (non-hydrogen) atoms. The van der Waals surface area contributed by atoms with E-state index in [0.29, 0.717) is 11.7 Å². The van der Waals surface area contributed by atoms with Gasteiger partial charge in [0, 0.05) is 12.5 Å². The predicted octanol–water partition coefficient (Wildman–Crippen LogP) is 2.10. The number of hydrogen-bond donors (Lipinski definition) is 3. The Morgan fingerprint density at radius 2 is 2.11 bits per heavy atom. The highest BCUT2D eigenvalue weighted by Crippen LogP contribution is 2.11. The van der Waals surface area contributed by atoms with Crippen LogP contribution in [0.4, 0.5) is 11.5 Å². The molecule has 0 aliphatic carbocycles. The minimum Gasteiger partial charge on any atom is -0.481 e. The van der Waals surface area contributed by atoms with Crippen LogP contribution < -0.4 is 10.6 Å². The number of carbonyl (C=O) groups excluding carboxylic acids is 1. The Hall–Kier alpha value is -2.11. The van der Waals surface area contributed by atoms with E-state index in [9.17, 15) is 9.59 Å². The second-order valence-electron chi connectivity index (χ2n) is 4.33. The van der Waals surface area contributed by atoms with E-state index in [1.807, 2.05) is 0 Å². The average Bonchev–Trinajstić information content (AvgIpc) is 2.38. The zero-order valence-corrected chi connectivity index (χ0v) is 11.1. The van der Waals surface area contributed by atoms with Crippen molar-refractivity contribution in [2.75, 3.05) is 10.6 Å². The van der Waals surface area contributed by atoms with Crippen molar-refractivity contribution in [3.63, 3.8) is 0 Å². The molecule has 0 aromatic carbocycles. The third kappa shape index (κ3) is 5.85. The Kier molecular flexibility index (Phi) is 5.78. The van der Waals surface area contributed by atoms with Crippen LogP contribution in [0.25, 0.3) is 0 Å². The molecule has 1 aromatic heterocycles. The van der Waals surface area contributed by atoms with Gasteiger partial charge in [-0.1, -0.05) is 6.92 Å². The van der Waals surface area contributed by atoms with Gasteiger partial charge in [0.1, 0.15) is 5.82 Å². The van der Waals surface area contributed by atoms with Gasteiger partial charge in [0.2, 0.25) is 5.91 Å². The van der Waals surface area contributed by atoms with Gasteiger partial charge < -0.3 is 15.7 Å². The highest BCUT2D eigenvalue weighted by Gasteiger charge is 2.06. The quantitative estimate of drug-likeness (QED) is 0.702. The number of aliphatic carboxylic acids is 1. The van der Waals surface area contributed by atoms with Crippen LogP contribution >= 0.6 is 0 Å². The number of nitrogens with zero attached hydrogens (tertiary/aromatic N) is 1. The molecule has 1 aromatic rings. The van der Waals surface area contributed by atoms with Crippen LogP contribution in [-0.4, -0.2) is 28.0 Å². The Balaban J connectivity index is 2.47. The molecule has 1 rings (SSSR count). The number of aromatic nitrogens is 1. The second kappa shape index (κ2) is 7.35. The molecular weight excluding hydrogens is 246 g/mol. The van der Waals surface area contributed by atoms with Gasteiger partial charge in [-0.15, -0.1) is 0 Å². The molecule has 0 bridgehead atoms. The second-order valence-corrected chi connectivity index (χ2v) is 4.33. The first-order valence-electron chi connectivity index (χ1n) is 6.25. The van der Waals surface area contributed by atoms with Crippen LogP contribution in [0, 0.1) is 0 Å². The average molecular weight is 265 g/mol. The molecule has 0 aliphatic rings. The smallest absolute Gasteiger partial charge is 0.303 e. The molecule has 6 nitrogen and oxygen atoms in total. The highest BCUT2D eigenvalue weighted by molar-refractivity contribution is 5.92. The Labute approximate surface area is 112 Å². The first-order chi connectivity index (χ1) is 9.01. The number of carboxylic acid groups (broad SMARTS) is 1. The number of carboxylic acids is 1. The molecule has 3 N–H and O–H groups in total. The third-order valence-electron chi connectivity index (χ3n) is 2.62. The lowest BCUT2D eigenvalue weighted by Gasteiger charge is -2.12. The summed E-state index contributed by atoms with van der Waals surface area (Å²) in [4.78, 5) is 25.9. The fraction of sp³-hybridized carbons (Fsp3) is 0.462. The number of pyridine rings is 1. The highest BCUT2D eigenvalue weighted by atomic mass is 16.4. The standard InChI is InChI=1S/C13H19N3O3/c1-3-9(2)15-11-5-4-10(8-14-11)16-12(17)6-7-13(18)19/h4-5,8-9H,3,6-7H2,1-2H3,(H,14,15)(H,16,17)(H,18,19). The number of rotatable bonds is 7. The molecule has 6 heteroatoms. The van der Waals surface area contributed by atoms with Crippen LogP contribution in [0.2, 0.25) is 0 Å². The van der Waals surface area contributed by atoms with Gasteiger partial charge in [0.05, 0.1) is 18.3 Å². The summed E-state index contributed by atoms with van der Waals surface area (Å²) >= 11 is 0. The normalized spacial score (nSPS) is 11.7. The summed E-state index contributed by atoms with van der Waals surface area (Å²) in [5, 5.41) is 14.3. The molecule has 0 spiro atoms. The topological polar surface area (TPSA) is 91.3 Å². The van der Waals surface area contributed by atoms with Crippen molar-refractivity contribution in [2.24, 2.45) is 0 Å². The van der Waals surface area contributed by atoms with E-state index in [1.54, 1.807) is 18.3 Å². The number of amides is 1. The van der Waals surface area contributed by atoms with Gasteiger partial charge >= 0.3 is 5.97 Å². The summed E-state index contributed by atoms with van der Waals surface area (Å²) < 4.78 is 0. The number of anilines is 2. The number of nitrogens with one attached hydrogen (secondary N) is 2. The van der Waals surface area contributed by atoms with Gasteiger partial charge in [-0.05, 0) is 25.5 Å². The van der Waals surface area contributed by atoms with Gasteiger partial charge in [-0.25, -0.2) is 4.98 Å². The predicted molar refractivity (Wildman–Crippen MR) is 73.1 cm³/mol. The van der Waals surface area contributed by atoms with Gasteiger partial charge in [0.15, 0.2) is 0 Å². The maximum absolute atomic E-state index is 11.4. The van der Waals surface area contributed by atoms with E-state index < -0.39 is 5.97 Å². The molecule has 0 saturated heterocycles. The minimum atomic E-state index is -0.985. The van der Waals surface area contributed by atoms with E-state index in [1.165, 1.54) is 0 Å². The fourth-order valence-electron chi connectivity index (χ4n) is 1.35. The molecule has 1 atom stereocenters. The van der Waals surface area contributed by atoms with Crippen LogP contribution in [-0.2, 0) is 9.59 Å². The summed E-state index contributed by atoms with van der Waals surface area (Å²) in [6, 6.07) is 3.85. The van der Waals surface area contributed by atoms with Crippen molar-refractivity contribution >= 4 is 23.4 Å². The first-order valence-corrected chi connectivity index (χ1v) is 6.25.